The Morgan fingerprint density at radius 3 is 2.04 bits per heavy atom. The molecule has 10 heteroatoms. The normalized spacial score (nSPS) is 12.4. The third kappa shape index (κ3) is 3.92. The molecule has 0 fully saturated rings. The maximum Gasteiger partial charge on any atom is 0.335 e. The highest BCUT2D eigenvalue weighted by Crippen LogP contribution is 2.30. The molecular formula is C16H13Cl2NO6S. The number of aliphatic carboxylic acids is 1. The summed E-state index contributed by atoms with van der Waals surface area (Å²) in [5, 5.41) is 18.4. The van der Waals surface area contributed by atoms with Gasteiger partial charge in [0.05, 0.1) is 26.2 Å². The fourth-order valence-corrected chi connectivity index (χ4v) is 4.18. The Morgan fingerprint density at radius 1 is 1.00 bits per heavy atom. The van der Waals surface area contributed by atoms with Gasteiger partial charge in [0.25, 0.3) is 10.0 Å². The molecule has 2 aromatic rings. The third-order valence-corrected chi connectivity index (χ3v) is 6.16. The van der Waals surface area contributed by atoms with E-state index in [-0.39, 0.29) is 26.2 Å². The van der Waals surface area contributed by atoms with Crippen LogP contribution in [0.25, 0.3) is 0 Å². The molecule has 0 aliphatic rings. The highest BCUT2D eigenvalue weighted by atomic mass is 35.5. The molecule has 26 heavy (non-hydrogen) atoms. The number of rotatable bonds is 6. The van der Waals surface area contributed by atoms with Crippen molar-refractivity contribution in [2.45, 2.75) is 17.9 Å². The van der Waals surface area contributed by atoms with Crippen LogP contribution in [0.2, 0.25) is 10.0 Å². The number of anilines is 1. The zero-order chi connectivity index (χ0) is 19.6. The number of benzene rings is 2. The summed E-state index contributed by atoms with van der Waals surface area (Å²) in [5.74, 6) is -2.57. The van der Waals surface area contributed by atoms with E-state index >= 15 is 0 Å². The first-order chi connectivity index (χ1) is 12.1. The maximum atomic E-state index is 13.0. The van der Waals surface area contributed by atoms with Gasteiger partial charge >= 0.3 is 11.9 Å². The summed E-state index contributed by atoms with van der Waals surface area (Å²) < 4.78 is 26.7. The van der Waals surface area contributed by atoms with Crippen LogP contribution in [0.5, 0.6) is 0 Å². The molecule has 1 atom stereocenters. The van der Waals surface area contributed by atoms with Crippen molar-refractivity contribution in [1.82, 2.24) is 0 Å². The highest BCUT2D eigenvalue weighted by Gasteiger charge is 2.33. The number of nitrogens with zero attached hydrogens (tertiary/aromatic N) is 1. The highest BCUT2D eigenvalue weighted by molar-refractivity contribution is 7.93. The third-order valence-electron chi connectivity index (χ3n) is 3.53. The topological polar surface area (TPSA) is 112 Å². The molecule has 0 bridgehead atoms. The molecule has 0 saturated heterocycles. The van der Waals surface area contributed by atoms with Crippen LogP contribution in [0, 0.1) is 0 Å². The van der Waals surface area contributed by atoms with E-state index in [0.29, 0.717) is 4.31 Å². The average molecular weight is 418 g/mol. The number of sulfonamides is 1. The van der Waals surface area contributed by atoms with Gasteiger partial charge in [0.2, 0.25) is 0 Å². The second-order valence-corrected chi connectivity index (χ2v) is 7.87. The Hall–Kier alpha value is -2.29. The Labute approximate surface area is 159 Å². The molecule has 0 aromatic heterocycles. The lowest BCUT2D eigenvalue weighted by Gasteiger charge is -2.28. The number of carbonyl (C=O) groups is 2. The Kier molecular flexibility index (Phi) is 5.80. The maximum absolute atomic E-state index is 13.0. The van der Waals surface area contributed by atoms with Crippen molar-refractivity contribution in [2.75, 3.05) is 4.31 Å². The van der Waals surface area contributed by atoms with Crippen molar-refractivity contribution in [3.05, 3.63) is 58.1 Å². The minimum Gasteiger partial charge on any atom is -0.480 e. The van der Waals surface area contributed by atoms with Gasteiger partial charge in [-0.15, -0.1) is 0 Å². The van der Waals surface area contributed by atoms with Crippen LogP contribution in [0.3, 0.4) is 0 Å². The number of carboxylic acids is 2. The first-order valence-electron chi connectivity index (χ1n) is 7.11. The summed E-state index contributed by atoms with van der Waals surface area (Å²) in [5.41, 5.74) is -0.0698. The summed E-state index contributed by atoms with van der Waals surface area (Å²) in [6, 6.07) is 6.96. The average Bonchev–Trinajstić information content (AvgIpc) is 2.57. The lowest BCUT2D eigenvalue weighted by atomic mass is 10.2. The lowest BCUT2D eigenvalue weighted by Crippen LogP contribution is -2.43. The van der Waals surface area contributed by atoms with Crippen LogP contribution in [0.4, 0.5) is 5.69 Å². The molecule has 2 aromatic carbocycles. The summed E-state index contributed by atoms with van der Waals surface area (Å²) >= 11 is 11.7. The van der Waals surface area contributed by atoms with E-state index in [1.165, 1.54) is 43.3 Å². The molecule has 0 amide bonds. The molecule has 0 saturated carbocycles. The molecule has 0 radical (unpaired) electrons. The summed E-state index contributed by atoms with van der Waals surface area (Å²) in [6.07, 6.45) is 0. The van der Waals surface area contributed by atoms with E-state index in [0.717, 1.165) is 6.07 Å². The van der Waals surface area contributed by atoms with Gasteiger partial charge in [0.1, 0.15) is 6.04 Å². The molecule has 0 aliphatic carbocycles. The predicted octanol–water partition coefficient (Wildman–Crippen LogP) is 3.36. The lowest BCUT2D eigenvalue weighted by molar-refractivity contribution is -0.137. The molecule has 7 nitrogen and oxygen atoms in total. The van der Waals surface area contributed by atoms with Crippen molar-refractivity contribution < 1.29 is 28.2 Å². The van der Waals surface area contributed by atoms with E-state index in [4.69, 9.17) is 28.3 Å². The molecular weight excluding hydrogens is 405 g/mol. The Morgan fingerprint density at radius 2 is 1.58 bits per heavy atom. The zero-order valence-corrected chi connectivity index (χ0v) is 15.6. The molecule has 138 valence electrons. The van der Waals surface area contributed by atoms with Crippen LogP contribution in [0.1, 0.15) is 17.3 Å². The fourth-order valence-electron chi connectivity index (χ4n) is 2.17. The second-order valence-electron chi connectivity index (χ2n) is 5.24. The van der Waals surface area contributed by atoms with Crippen LogP contribution in [-0.2, 0) is 14.8 Å². The summed E-state index contributed by atoms with van der Waals surface area (Å²) in [6.45, 7) is 1.20. The van der Waals surface area contributed by atoms with Crippen molar-refractivity contribution >= 4 is 50.9 Å². The number of halogens is 2. The van der Waals surface area contributed by atoms with Crippen LogP contribution in [-0.4, -0.2) is 36.6 Å². The van der Waals surface area contributed by atoms with Crippen LogP contribution >= 0.6 is 23.2 Å². The van der Waals surface area contributed by atoms with E-state index in [9.17, 15) is 23.1 Å². The van der Waals surface area contributed by atoms with Gasteiger partial charge < -0.3 is 10.2 Å². The van der Waals surface area contributed by atoms with Gasteiger partial charge in [0.15, 0.2) is 0 Å². The largest absolute Gasteiger partial charge is 0.480 e. The van der Waals surface area contributed by atoms with Gasteiger partial charge in [-0.05, 0) is 49.4 Å². The predicted molar refractivity (Wildman–Crippen MR) is 96.6 cm³/mol. The molecule has 0 aliphatic heterocycles. The first kappa shape index (κ1) is 20.0. The van der Waals surface area contributed by atoms with E-state index < -0.39 is 28.0 Å². The molecule has 2 rings (SSSR count). The first-order valence-corrected chi connectivity index (χ1v) is 9.31. The molecule has 0 heterocycles. The van der Waals surface area contributed by atoms with Gasteiger partial charge in [-0.3, -0.25) is 4.31 Å². The number of hydrogen-bond acceptors (Lipinski definition) is 4. The quantitative estimate of drug-likeness (QED) is 0.744. The van der Waals surface area contributed by atoms with Gasteiger partial charge in [-0.2, -0.15) is 0 Å². The van der Waals surface area contributed by atoms with E-state index in [1.54, 1.807) is 0 Å². The number of aromatic carboxylic acids is 1. The van der Waals surface area contributed by atoms with Gasteiger partial charge in [0, 0.05) is 0 Å². The van der Waals surface area contributed by atoms with Crippen LogP contribution < -0.4 is 4.31 Å². The van der Waals surface area contributed by atoms with Gasteiger partial charge in [-0.1, -0.05) is 23.2 Å². The van der Waals surface area contributed by atoms with Crippen LogP contribution in [0.15, 0.2) is 47.4 Å². The monoisotopic (exact) mass is 417 g/mol. The standard InChI is InChI=1S/C16H13Cl2NO6S/c1-9(15(20)21)19(11-4-2-10(3-5-11)16(22)23)26(24,25)12-6-7-13(17)14(18)8-12/h2-9H,1H3,(H,20,21)(H,22,23). The molecule has 1 unspecified atom stereocenters. The Bertz CT molecular complexity index is 959. The van der Waals surface area contributed by atoms with E-state index in [2.05, 4.69) is 0 Å². The minimum atomic E-state index is -4.31. The Balaban J connectivity index is 2.61. The second kappa shape index (κ2) is 7.53. The molecule has 0 spiro atoms. The van der Waals surface area contributed by atoms with Gasteiger partial charge in [-0.25, -0.2) is 18.0 Å². The summed E-state index contributed by atoms with van der Waals surface area (Å²) in [4.78, 5) is 22.2. The van der Waals surface area contributed by atoms with Crippen molar-refractivity contribution in [2.24, 2.45) is 0 Å². The van der Waals surface area contributed by atoms with E-state index in [1.807, 2.05) is 0 Å². The van der Waals surface area contributed by atoms with Crippen molar-refractivity contribution in [3.63, 3.8) is 0 Å². The van der Waals surface area contributed by atoms with Crippen molar-refractivity contribution in [3.8, 4) is 0 Å². The number of hydrogen-bond donors (Lipinski definition) is 2. The summed E-state index contributed by atoms with van der Waals surface area (Å²) in [7, 11) is -4.31. The SMILES string of the molecule is CC(C(=O)O)N(c1ccc(C(=O)O)cc1)S(=O)(=O)c1ccc(Cl)c(Cl)c1. The van der Waals surface area contributed by atoms with Crippen molar-refractivity contribution in [1.29, 1.82) is 0 Å². The smallest absolute Gasteiger partial charge is 0.335 e. The number of carboxylic acid groups (broad SMARTS) is 2. The molecule has 2 N–H and O–H groups in total. The zero-order valence-electron chi connectivity index (χ0n) is 13.3. The minimum absolute atomic E-state index is 0.00288. The fraction of sp³-hybridized carbons (Fsp3) is 0.125.